The van der Waals surface area contributed by atoms with Gasteiger partial charge in [-0.05, 0) is 31.5 Å². The van der Waals surface area contributed by atoms with E-state index < -0.39 is 15.6 Å². The summed E-state index contributed by atoms with van der Waals surface area (Å²) in [7, 11) is -3.72. The molecule has 1 saturated heterocycles. The first-order valence-electron chi connectivity index (χ1n) is 6.40. The molecule has 1 fully saturated rings. The summed E-state index contributed by atoms with van der Waals surface area (Å²) in [5.74, 6) is -0.290. The van der Waals surface area contributed by atoms with Crippen LogP contribution < -0.4 is 11.1 Å². The Morgan fingerprint density at radius 1 is 1.40 bits per heavy atom. The van der Waals surface area contributed by atoms with Crippen LogP contribution >= 0.6 is 0 Å². The fraction of sp³-hybridized carbons (Fsp3) is 0.462. The highest BCUT2D eigenvalue weighted by Gasteiger charge is 2.44. The van der Waals surface area contributed by atoms with Gasteiger partial charge in [-0.3, -0.25) is 4.79 Å². The first kappa shape index (κ1) is 15.0. The first-order chi connectivity index (χ1) is 9.30. The molecule has 7 heteroatoms. The zero-order chi connectivity index (χ0) is 15.0. The molecule has 1 heterocycles. The second kappa shape index (κ2) is 5.16. The van der Waals surface area contributed by atoms with E-state index in [1.54, 1.807) is 32.0 Å². The van der Waals surface area contributed by atoms with Crippen LogP contribution in [0, 0.1) is 0 Å². The van der Waals surface area contributed by atoms with E-state index in [1.165, 1.54) is 10.4 Å². The third-order valence-electron chi connectivity index (χ3n) is 3.50. The zero-order valence-corrected chi connectivity index (χ0v) is 12.4. The Morgan fingerprint density at radius 3 is 2.75 bits per heavy atom. The molecule has 20 heavy (non-hydrogen) atoms. The van der Waals surface area contributed by atoms with E-state index in [-0.39, 0.29) is 23.9 Å². The highest BCUT2D eigenvalue weighted by Crippen LogP contribution is 2.26. The average molecular weight is 297 g/mol. The number of benzene rings is 1. The third kappa shape index (κ3) is 2.44. The lowest BCUT2D eigenvalue weighted by molar-refractivity contribution is -0.131. The highest BCUT2D eigenvalue weighted by atomic mass is 32.2. The van der Waals surface area contributed by atoms with Crippen molar-refractivity contribution in [2.24, 2.45) is 5.73 Å². The van der Waals surface area contributed by atoms with E-state index in [4.69, 9.17) is 5.73 Å². The third-order valence-corrected chi connectivity index (χ3v) is 5.57. The van der Waals surface area contributed by atoms with E-state index in [2.05, 4.69) is 5.32 Å². The molecule has 1 aromatic carbocycles. The van der Waals surface area contributed by atoms with Crippen molar-refractivity contribution in [3.05, 3.63) is 29.8 Å². The predicted octanol–water partition coefficient (Wildman–Crippen LogP) is 0.0444. The molecule has 0 unspecified atom stereocenters. The highest BCUT2D eigenvalue weighted by molar-refractivity contribution is 7.89. The lowest BCUT2D eigenvalue weighted by Crippen LogP contribution is -2.63. The van der Waals surface area contributed by atoms with Crippen LogP contribution in [0.25, 0.3) is 0 Å². The molecule has 1 aromatic rings. The first-order valence-corrected chi connectivity index (χ1v) is 7.84. The fourth-order valence-corrected chi connectivity index (χ4v) is 4.08. The number of hydrogen-bond acceptors (Lipinski definition) is 4. The molecule has 0 radical (unpaired) electrons. The Morgan fingerprint density at radius 2 is 2.10 bits per heavy atom. The normalized spacial score (nSPS) is 19.6. The van der Waals surface area contributed by atoms with E-state index >= 15 is 0 Å². The van der Waals surface area contributed by atoms with Crippen LogP contribution in [0.4, 0.5) is 0 Å². The molecule has 0 atom stereocenters. The number of nitrogens with two attached hydrogens (primary N) is 1. The van der Waals surface area contributed by atoms with Crippen molar-refractivity contribution in [2.45, 2.75) is 30.8 Å². The van der Waals surface area contributed by atoms with Gasteiger partial charge < -0.3 is 11.1 Å². The van der Waals surface area contributed by atoms with Crippen molar-refractivity contribution in [1.82, 2.24) is 9.62 Å². The van der Waals surface area contributed by atoms with Gasteiger partial charge in [0.1, 0.15) is 5.54 Å². The van der Waals surface area contributed by atoms with Crippen LogP contribution in [0.15, 0.2) is 29.2 Å². The van der Waals surface area contributed by atoms with Gasteiger partial charge in [-0.15, -0.1) is 0 Å². The van der Waals surface area contributed by atoms with E-state index in [0.717, 1.165) is 5.56 Å². The van der Waals surface area contributed by atoms with E-state index in [0.29, 0.717) is 6.54 Å². The Balaban J connectivity index is 2.46. The number of nitrogens with zero attached hydrogens (tertiary/aromatic N) is 1. The van der Waals surface area contributed by atoms with Gasteiger partial charge in [-0.25, -0.2) is 8.42 Å². The smallest absolute Gasteiger partial charge is 0.244 e. The Hall–Kier alpha value is -1.44. The number of carbonyl (C=O) groups excluding carboxylic acids is 1. The van der Waals surface area contributed by atoms with Gasteiger partial charge in [0.05, 0.1) is 4.90 Å². The van der Waals surface area contributed by atoms with Crippen molar-refractivity contribution in [1.29, 1.82) is 0 Å². The SMILES string of the molecule is CC1(C)C(=O)NCCN1S(=O)(=O)c1cccc(CN)c1. The molecule has 6 nitrogen and oxygen atoms in total. The number of sulfonamides is 1. The number of rotatable bonds is 3. The number of carbonyl (C=O) groups is 1. The quantitative estimate of drug-likeness (QED) is 0.824. The van der Waals surface area contributed by atoms with Crippen LogP contribution in [0.3, 0.4) is 0 Å². The summed E-state index contributed by atoms with van der Waals surface area (Å²) in [5, 5.41) is 2.68. The molecule has 110 valence electrons. The minimum atomic E-state index is -3.72. The molecule has 2 rings (SSSR count). The minimum Gasteiger partial charge on any atom is -0.353 e. The number of hydrogen-bond donors (Lipinski definition) is 2. The molecule has 0 aromatic heterocycles. The molecule has 1 aliphatic rings. The second-order valence-electron chi connectivity index (χ2n) is 5.24. The van der Waals surface area contributed by atoms with Crippen molar-refractivity contribution >= 4 is 15.9 Å². The lowest BCUT2D eigenvalue weighted by Gasteiger charge is -2.39. The number of amides is 1. The topological polar surface area (TPSA) is 92.5 Å². The number of nitrogens with one attached hydrogen (secondary N) is 1. The summed E-state index contributed by atoms with van der Waals surface area (Å²) in [6.07, 6.45) is 0. The molecule has 1 amide bonds. The molecular formula is C13H19N3O3S. The molecule has 0 bridgehead atoms. The number of piperazine rings is 1. The summed E-state index contributed by atoms with van der Waals surface area (Å²) >= 11 is 0. The molecule has 3 N–H and O–H groups in total. The molecule has 1 aliphatic heterocycles. The Kier molecular flexibility index (Phi) is 3.86. The van der Waals surface area contributed by atoms with Gasteiger partial charge in [0.25, 0.3) is 0 Å². The summed E-state index contributed by atoms with van der Waals surface area (Å²) in [6.45, 7) is 4.05. The maximum Gasteiger partial charge on any atom is 0.244 e. The van der Waals surface area contributed by atoms with Crippen LogP contribution in [0.2, 0.25) is 0 Å². The summed E-state index contributed by atoms with van der Waals surface area (Å²) in [5.41, 5.74) is 5.18. The molecule has 0 spiro atoms. The van der Waals surface area contributed by atoms with Gasteiger partial charge in [-0.2, -0.15) is 4.31 Å². The van der Waals surface area contributed by atoms with Gasteiger partial charge in [0, 0.05) is 19.6 Å². The van der Waals surface area contributed by atoms with Gasteiger partial charge in [0.2, 0.25) is 15.9 Å². The lowest BCUT2D eigenvalue weighted by atomic mass is 10.0. The zero-order valence-electron chi connectivity index (χ0n) is 11.6. The van der Waals surface area contributed by atoms with Crippen molar-refractivity contribution in [2.75, 3.05) is 13.1 Å². The summed E-state index contributed by atoms with van der Waals surface area (Å²) in [6, 6.07) is 6.51. The minimum absolute atomic E-state index is 0.170. The van der Waals surface area contributed by atoms with Gasteiger partial charge in [0.15, 0.2) is 0 Å². The molecule has 0 aliphatic carbocycles. The fourth-order valence-electron chi connectivity index (χ4n) is 2.26. The van der Waals surface area contributed by atoms with Crippen molar-refractivity contribution in [3.63, 3.8) is 0 Å². The van der Waals surface area contributed by atoms with E-state index in [9.17, 15) is 13.2 Å². The maximum atomic E-state index is 12.7. The van der Waals surface area contributed by atoms with Gasteiger partial charge >= 0.3 is 0 Å². The summed E-state index contributed by atoms with van der Waals surface area (Å²) < 4.78 is 26.7. The van der Waals surface area contributed by atoms with Crippen LogP contribution in [0.5, 0.6) is 0 Å². The van der Waals surface area contributed by atoms with Crippen molar-refractivity contribution < 1.29 is 13.2 Å². The van der Waals surface area contributed by atoms with Crippen LogP contribution in [0.1, 0.15) is 19.4 Å². The predicted molar refractivity (Wildman–Crippen MR) is 75.3 cm³/mol. The van der Waals surface area contributed by atoms with E-state index in [1.807, 2.05) is 0 Å². The summed E-state index contributed by atoms with van der Waals surface area (Å²) in [4.78, 5) is 12.1. The standard InChI is InChI=1S/C13H19N3O3S/c1-13(2)12(17)15-6-7-16(13)20(18,19)11-5-3-4-10(8-11)9-14/h3-5,8H,6-7,9,14H2,1-2H3,(H,15,17). The second-order valence-corrected chi connectivity index (χ2v) is 7.11. The largest absolute Gasteiger partial charge is 0.353 e. The van der Waals surface area contributed by atoms with Gasteiger partial charge in [-0.1, -0.05) is 12.1 Å². The average Bonchev–Trinajstić information content (AvgIpc) is 2.41. The Bertz CT molecular complexity index is 626. The van der Waals surface area contributed by atoms with Crippen LogP contribution in [-0.4, -0.2) is 37.3 Å². The van der Waals surface area contributed by atoms with Crippen molar-refractivity contribution in [3.8, 4) is 0 Å². The molecular weight excluding hydrogens is 278 g/mol. The Labute approximate surface area is 119 Å². The maximum absolute atomic E-state index is 12.7. The van der Waals surface area contributed by atoms with Crippen LogP contribution in [-0.2, 0) is 21.4 Å². The molecule has 0 saturated carbocycles. The monoisotopic (exact) mass is 297 g/mol.